The largest absolute Gasteiger partial charge is 0.477 e. The van der Waals surface area contributed by atoms with Crippen LogP contribution in [-0.4, -0.2) is 35.0 Å². The van der Waals surface area contributed by atoms with Gasteiger partial charge in [0.15, 0.2) is 17.7 Å². The molecule has 5 nitrogen and oxygen atoms in total. The number of likely N-dealkylation sites (tertiary alicyclic amines) is 1. The number of nitrogens with zero attached hydrogens (tertiary/aromatic N) is 2. The number of anilines is 1. The number of aromatic nitrogens is 1. The predicted octanol–water partition coefficient (Wildman–Crippen LogP) is 1.83. The van der Waals surface area contributed by atoms with Gasteiger partial charge < -0.3 is 15.4 Å². The van der Waals surface area contributed by atoms with Crippen molar-refractivity contribution in [3.05, 3.63) is 18.3 Å². The first kappa shape index (κ1) is 13.6. The summed E-state index contributed by atoms with van der Waals surface area (Å²) in [6.45, 7) is 3.42. The summed E-state index contributed by atoms with van der Waals surface area (Å²) in [6.07, 6.45) is 5.64. The molecule has 0 radical (unpaired) electrons. The first-order valence-corrected chi connectivity index (χ1v) is 6.84. The average Bonchev–Trinajstić information content (AvgIpc) is 2.69. The molecule has 19 heavy (non-hydrogen) atoms. The van der Waals surface area contributed by atoms with Crippen molar-refractivity contribution in [2.24, 2.45) is 0 Å². The highest BCUT2D eigenvalue weighted by atomic mass is 16.5. The Balaban J connectivity index is 1.97. The maximum atomic E-state index is 12.3. The monoisotopic (exact) mass is 263 g/mol. The van der Waals surface area contributed by atoms with E-state index in [1.165, 1.54) is 12.8 Å². The van der Waals surface area contributed by atoms with Gasteiger partial charge in [-0.2, -0.15) is 0 Å². The van der Waals surface area contributed by atoms with E-state index in [-0.39, 0.29) is 5.91 Å². The molecule has 1 aliphatic heterocycles. The van der Waals surface area contributed by atoms with Crippen LogP contribution in [0.1, 0.15) is 32.6 Å². The summed E-state index contributed by atoms with van der Waals surface area (Å²) >= 11 is 0. The molecule has 0 saturated carbocycles. The van der Waals surface area contributed by atoms with Gasteiger partial charge in [0.2, 0.25) is 0 Å². The predicted molar refractivity (Wildman–Crippen MR) is 73.8 cm³/mol. The molecule has 2 rings (SSSR count). The van der Waals surface area contributed by atoms with Crippen LogP contribution >= 0.6 is 0 Å². The van der Waals surface area contributed by atoms with E-state index in [4.69, 9.17) is 10.5 Å². The van der Waals surface area contributed by atoms with Crippen LogP contribution in [0, 0.1) is 0 Å². The van der Waals surface area contributed by atoms with Crippen molar-refractivity contribution in [2.45, 2.75) is 38.7 Å². The minimum atomic E-state index is -0.524. The molecule has 1 aromatic heterocycles. The number of carbonyl (C=O) groups excluding carboxylic acids is 1. The number of ether oxygens (including phenoxy) is 1. The second-order valence-electron chi connectivity index (χ2n) is 4.89. The number of nitrogen functional groups attached to an aromatic ring is 1. The zero-order valence-electron chi connectivity index (χ0n) is 11.3. The van der Waals surface area contributed by atoms with Crippen LogP contribution in [0.2, 0.25) is 0 Å². The summed E-state index contributed by atoms with van der Waals surface area (Å²) < 4.78 is 5.62. The van der Waals surface area contributed by atoms with Gasteiger partial charge in [-0.1, -0.05) is 12.8 Å². The zero-order chi connectivity index (χ0) is 13.7. The lowest BCUT2D eigenvalue weighted by Crippen LogP contribution is -2.41. The Morgan fingerprint density at radius 3 is 2.68 bits per heavy atom. The van der Waals surface area contributed by atoms with Crippen LogP contribution in [0.25, 0.3) is 0 Å². The molecule has 5 heteroatoms. The highest BCUT2D eigenvalue weighted by molar-refractivity contribution is 5.81. The fourth-order valence-corrected chi connectivity index (χ4v) is 2.29. The van der Waals surface area contributed by atoms with Crippen LogP contribution in [-0.2, 0) is 4.79 Å². The molecule has 1 unspecified atom stereocenters. The molecule has 2 N–H and O–H groups in total. The Morgan fingerprint density at radius 2 is 2.05 bits per heavy atom. The molecule has 1 amide bonds. The number of rotatable bonds is 3. The fourth-order valence-electron chi connectivity index (χ4n) is 2.29. The third kappa shape index (κ3) is 3.59. The van der Waals surface area contributed by atoms with Crippen LogP contribution in [0.15, 0.2) is 18.3 Å². The minimum Gasteiger partial charge on any atom is -0.477 e. The Bertz CT molecular complexity index is 428. The van der Waals surface area contributed by atoms with Gasteiger partial charge in [-0.25, -0.2) is 4.98 Å². The first-order valence-electron chi connectivity index (χ1n) is 6.84. The Labute approximate surface area is 113 Å². The second kappa shape index (κ2) is 6.41. The number of hydrogen-bond donors (Lipinski definition) is 1. The Hall–Kier alpha value is -1.78. The lowest BCUT2D eigenvalue weighted by atomic mass is 10.2. The summed E-state index contributed by atoms with van der Waals surface area (Å²) in [5, 5.41) is 0. The van der Waals surface area contributed by atoms with E-state index in [0.717, 1.165) is 25.9 Å². The van der Waals surface area contributed by atoms with Gasteiger partial charge >= 0.3 is 0 Å². The van der Waals surface area contributed by atoms with Crippen molar-refractivity contribution >= 4 is 11.7 Å². The number of hydrogen-bond acceptors (Lipinski definition) is 4. The normalized spacial score (nSPS) is 17.6. The molecule has 0 bridgehead atoms. The van der Waals surface area contributed by atoms with E-state index in [2.05, 4.69) is 4.98 Å². The fraction of sp³-hybridized carbons (Fsp3) is 0.571. The van der Waals surface area contributed by atoms with Crippen molar-refractivity contribution < 1.29 is 9.53 Å². The topological polar surface area (TPSA) is 68.5 Å². The SMILES string of the molecule is CC(Oc1cccnc1N)C(=O)N1CCCCCC1. The molecular formula is C14H21N3O2. The van der Waals surface area contributed by atoms with Gasteiger partial charge in [0.25, 0.3) is 5.91 Å². The van der Waals surface area contributed by atoms with E-state index in [0.29, 0.717) is 11.6 Å². The lowest BCUT2D eigenvalue weighted by Gasteiger charge is -2.24. The minimum absolute atomic E-state index is 0.0325. The van der Waals surface area contributed by atoms with Gasteiger partial charge in [0.05, 0.1) is 0 Å². The molecule has 1 saturated heterocycles. The highest BCUT2D eigenvalue weighted by Crippen LogP contribution is 2.19. The number of nitrogens with two attached hydrogens (primary N) is 1. The van der Waals surface area contributed by atoms with E-state index in [9.17, 15) is 4.79 Å². The molecule has 1 atom stereocenters. The van der Waals surface area contributed by atoms with E-state index in [1.807, 2.05) is 4.90 Å². The van der Waals surface area contributed by atoms with Crippen molar-refractivity contribution in [2.75, 3.05) is 18.8 Å². The van der Waals surface area contributed by atoms with Gasteiger partial charge in [0.1, 0.15) is 0 Å². The van der Waals surface area contributed by atoms with Gasteiger partial charge in [-0.3, -0.25) is 4.79 Å². The maximum absolute atomic E-state index is 12.3. The summed E-state index contributed by atoms with van der Waals surface area (Å²) in [4.78, 5) is 18.1. The standard InChI is InChI=1S/C14H21N3O2/c1-11(19-12-7-6-8-16-13(12)15)14(18)17-9-4-2-3-5-10-17/h6-8,11H,2-5,9-10H2,1H3,(H2,15,16). The third-order valence-corrected chi connectivity index (χ3v) is 3.37. The van der Waals surface area contributed by atoms with Crippen LogP contribution in [0.5, 0.6) is 5.75 Å². The number of carbonyl (C=O) groups is 1. The quantitative estimate of drug-likeness (QED) is 0.903. The van der Waals surface area contributed by atoms with Gasteiger partial charge in [-0.15, -0.1) is 0 Å². The van der Waals surface area contributed by atoms with E-state index in [1.54, 1.807) is 25.3 Å². The van der Waals surface area contributed by atoms with Gasteiger partial charge in [-0.05, 0) is 31.9 Å². The maximum Gasteiger partial charge on any atom is 0.263 e. The van der Waals surface area contributed by atoms with Crippen molar-refractivity contribution in [1.82, 2.24) is 9.88 Å². The molecule has 0 aliphatic carbocycles. The Kier molecular flexibility index (Phi) is 4.60. The highest BCUT2D eigenvalue weighted by Gasteiger charge is 2.23. The first-order chi connectivity index (χ1) is 9.18. The van der Waals surface area contributed by atoms with Crippen molar-refractivity contribution in [1.29, 1.82) is 0 Å². The zero-order valence-corrected chi connectivity index (χ0v) is 11.3. The molecular weight excluding hydrogens is 242 g/mol. The summed E-state index contributed by atoms with van der Waals surface area (Å²) in [5.41, 5.74) is 5.71. The number of pyridine rings is 1. The van der Waals surface area contributed by atoms with Crippen LogP contribution in [0.4, 0.5) is 5.82 Å². The Morgan fingerprint density at radius 1 is 1.37 bits per heavy atom. The van der Waals surface area contributed by atoms with E-state index < -0.39 is 6.10 Å². The summed E-state index contributed by atoms with van der Waals surface area (Å²) in [7, 11) is 0. The third-order valence-electron chi connectivity index (χ3n) is 3.37. The molecule has 0 aromatic carbocycles. The van der Waals surface area contributed by atoms with Crippen LogP contribution in [0.3, 0.4) is 0 Å². The van der Waals surface area contributed by atoms with Crippen molar-refractivity contribution in [3.8, 4) is 5.75 Å². The lowest BCUT2D eigenvalue weighted by molar-refractivity contribution is -0.137. The summed E-state index contributed by atoms with van der Waals surface area (Å²) in [5.74, 6) is 0.821. The average molecular weight is 263 g/mol. The molecule has 2 heterocycles. The molecule has 1 aliphatic rings. The second-order valence-corrected chi connectivity index (χ2v) is 4.89. The van der Waals surface area contributed by atoms with Gasteiger partial charge in [0, 0.05) is 19.3 Å². The van der Waals surface area contributed by atoms with Crippen LogP contribution < -0.4 is 10.5 Å². The van der Waals surface area contributed by atoms with Crippen molar-refractivity contribution in [3.63, 3.8) is 0 Å². The van der Waals surface area contributed by atoms with E-state index >= 15 is 0 Å². The number of amides is 1. The molecule has 0 spiro atoms. The molecule has 104 valence electrons. The summed E-state index contributed by atoms with van der Waals surface area (Å²) in [6, 6.07) is 3.48. The molecule has 1 aromatic rings. The smallest absolute Gasteiger partial charge is 0.263 e. The molecule has 1 fully saturated rings.